The van der Waals surface area contributed by atoms with Gasteiger partial charge in [-0.05, 0) is 48.5 Å². The van der Waals surface area contributed by atoms with Gasteiger partial charge in [-0.25, -0.2) is 9.59 Å². The molecule has 16 nitrogen and oxygen atoms in total. The molecule has 2 aromatic carbocycles. The average molecular weight is 707 g/mol. The Labute approximate surface area is 280 Å². The molecule has 0 aliphatic carbocycles. The van der Waals surface area contributed by atoms with E-state index in [2.05, 4.69) is 0 Å². The van der Waals surface area contributed by atoms with Gasteiger partial charge in [-0.2, -0.15) is 0 Å². The zero-order valence-corrected chi connectivity index (χ0v) is 26.3. The average Bonchev–Trinajstić information content (AvgIpc) is 3.07. The van der Waals surface area contributed by atoms with Gasteiger partial charge in [-0.1, -0.05) is 11.8 Å². The van der Waals surface area contributed by atoms with Gasteiger partial charge in [-0.3, -0.25) is 0 Å². The first-order chi connectivity index (χ1) is 23.5. The van der Waals surface area contributed by atoms with Crippen LogP contribution in [0.3, 0.4) is 0 Å². The fraction of sp³-hybridized carbons (Fsp3) is 0.438. The van der Waals surface area contributed by atoms with Gasteiger partial charge in [0.15, 0.2) is 0 Å². The summed E-state index contributed by atoms with van der Waals surface area (Å²) < 4.78 is 33.5. The second kappa shape index (κ2) is 14.7. The Balaban J connectivity index is 1.17. The van der Waals surface area contributed by atoms with Crippen molar-refractivity contribution in [1.29, 1.82) is 0 Å². The van der Waals surface area contributed by atoms with Crippen molar-refractivity contribution in [3.8, 4) is 11.5 Å². The third-order valence-corrected chi connectivity index (χ3v) is 9.67. The Morgan fingerprint density at radius 1 is 0.612 bits per heavy atom. The summed E-state index contributed by atoms with van der Waals surface area (Å²) in [6.45, 7) is -2.29. The first-order valence-electron chi connectivity index (χ1n) is 15.1. The number of fused-ring (bicyclic) bond motifs is 2. The summed E-state index contributed by atoms with van der Waals surface area (Å²) in [4.78, 5) is 25.1. The molecular formula is C32H34O16S. The van der Waals surface area contributed by atoms with E-state index in [0.29, 0.717) is 22.5 Å². The van der Waals surface area contributed by atoms with Gasteiger partial charge in [0.05, 0.1) is 37.6 Å². The first-order valence-corrected chi connectivity index (χ1v) is 16.1. The number of phenolic OH excluding ortho intramolecular Hbond substituents is 2. The van der Waals surface area contributed by atoms with Crippen LogP contribution in [-0.4, -0.2) is 114 Å². The zero-order chi connectivity index (χ0) is 35.0. The molecule has 2 aromatic heterocycles. The van der Waals surface area contributed by atoms with Gasteiger partial charge in [0, 0.05) is 10.8 Å². The summed E-state index contributed by atoms with van der Waals surface area (Å²) in [5, 5.41) is 84.4. The number of thioether (sulfide) groups is 1. The van der Waals surface area contributed by atoms with Crippen LogP contribution in [0.15, 0.2) is 67.0 Å². The van der Waals surface area contributed by atoms with E-state index in [1.54, 1.807) is 0 Å². The monoisotopic (exact) mass is 706 g/mol. The molecule has 264 valence electrons. The van der Waals surface area contributed by atoms with Crippen molar-refractivity contribution in [2.75, 3.05) is 13.2 Å². The van der Waals surface area contributed by atoms with E-state index in [0.717, 1.165) is 0 Å². The van der Waals surface area contributed by atoms with Crippen molar-refractivity contribution in [3.05, 3.63) is 80.5 Å². The Hall–Kier alpha value is -3.59. The van der Waals surface area contributed by atoms with Gasteiger partial charge < -0.3 is 68.6 Å². The maximum atomic E-state index is 12.6. The molecule has 0 radical (unpaired) electrons. The smallest absolute Gasteiger partial charge is 0.341 e. The van der Waals surface area contributed by atoms with E-state index < -0.39 is 97.4 Å². The van der Waals surface area contributed by atoms with Gasteiger partial charge in [0.25, 0.3) is 0 Å². The molecule has 2 saturated heterocycles. The molecule has 6 unspecified atom stereocenters. The van der Waals surface area contributed by atoms with Crippen LogP contribution in [-0.2, 0) is 32.2 Å². The summed E-state index contributed by atoms with van der Waals surface area (Å²) in [6, 6.07) is 11.1. The second-order valence-corrected chi connectivity index (χ2v) is 12.9. The molecule has 4 aromatic rings. The molecule has 10 atom stereocenters. The number of benzene rings is 2. The number of ether oxygens (including phenoxy) is 4. The van der Waals surface area contributed by atoms with E-state index >= 15 is 0 Å². The number of aliphatic hydroxyl groups is 6. The van der Waals surface area contributed by atoms with Crippen LogP contribution in [0.1, 0.15) is 11.1 Å². The summed E-state index contributed by atoms with van der Waals surface area (Å²) in [5.74, 6) is -0.129. The van der Waals surface area contributed by atoms with Crippen LogP contribution >= 0.6 is 11.8 Å². The van der Waals surface area contributed by atoms with E-state index in [4.69, 9.17) is 27.8 Å². The molecule has 17 heteroatoms. The van der Waals surface area contributed by atoms with E-state index in [1.807, 2.05) is 0 Å². The second-order valence-electron chi connectivity index (χ2n) is 11.7. The zero-order valence-electron chi connectivity index (χ0n) is 25.5. The fourth-order valence-electron chi connectivity index (χ4n) is 5.74. The fourth-order valence-corrected chi connectivity index (χ4v) is 7.05. The van der Waals surface area contributed by atoms with E-state index in [1.165, 1.54) is 48.5 Å². The van der Waals surface area contributed by atoms with Crippen LogP contribution in [0.25, 0.3) is 21.9 Å². The lowest BCUT2D eigenvalue weighted by Crippen LogP contribution is -2.61. The molecule has 2 aliphatic heterocycles. The number of hydrogen-bond donors (Lipinski definition) is 8. The van der Waals surface area contributed by atoms with Crippen molar-refractivity contribution in [2.45, 2.75) is 72.9 Å². The highest BCUT2D eigenvalue weighted by molar-refractivity contribution is 8.00. The molecule has 2 fully saturated rings. The van der Waals surface area contributed by atoms with Crippen LogP contribution in [0.5, 0.6) is 11.5 Å². The Morgan fingerprint density at radius 3 is 1.41 bits per heavy atom. The summed E-state index contributed by atoms with van der Waals surface area (Å²) in [7, 11) is 0. The molecule has 0 spiro atoms. The molecule has 6 rings (SSSR count). The third-order valence-electron chi connectivity index (χ3n) is 8.35. The van der Waals surface area contributed by atoms with Crippen molar-refractivity contribution in [3.63, 3.8) is 0 Å². The molecule has 0 bridgehead atoms. The molecule has 4 heterocycles. The predicted molar refractivity (Wildman–Crippen MR) is 169 cm³/mol. The van der Waals surface area contributed by atoms with Crippen molar-refractivity contribution >= 4 is 33.7 Å². The van der Waals surface area contributed by atoms with E-state index in [-0.39, 0.29) is 33.8 Å². The molecule has 0 amide bonds. The number of phenols is 2. The normalized spacial score (nSPS) is 30.6. The SMILES string of the molecule is O=c1oc2ccc(O)cc2cc1COC1C(O)[C@H](S[C@@H]2OC(CO)[C@H](O)C(OCc3cc4cc(O)ccc4oc3=O)C2O)OC(CO)[C@@H]1O. The van der Waals surface area contributed by atoms with Crippen molar-refractivity contribution in [2.24, 2.45) is 0 Å². The summed E-state index contributed by atoms with van der Waals surface area (Å²) in [6.07, 6.45) is -11.8. The lowest BCUT2D eigenvalue weighted by Gasteiger charge is -2.46. The number of aliphatic hydroxyl groups excluding tert-OH is 6. The van der Waals surface area contributed by atoms with E-state index in [9.17, 15) is 50.4 Å². The third kappa shape index (κ3) is 7.33. The molecule has 8 N–H and O–H groups in total. The lowest BCUT2D eigenvalue weighted by molar-refractivity contribution is -0.231. The minimum atomic E-state index is -1.63. The number of rotatable bonds is 10. The standard InChI is InChI=1S/C32H34O16S/c33-9-21-23(37)27(43-11-15-5-13-7-17(35)1-3-19(13)45-29(15)41)25(39)31(47-21)49-32-26(40)28(24(38)22(10-34)48-32)44-12-16-6-14-8-18(36)2-4-20(14)46-30(16)42/h1-8,21-28,31-40H,9-12H2/t21?,22?,23-,24-,25?,26?,27?,28?,31-,32-/m0/s1. The maximum Gasteiger partial charge on any atom is 0.341 e. The number of hydrogen-bond acceptors (Lipinski definition) is 17. The molecule has 49 heavy (non-hydrogen) atoms. The van der Waals surface area contributed by atoms with Gasteiger partial charge >= 0.3 is 11.3 Å². The largest absolute Gasteiger partial charge is 0.508 e. The first kappa shape index (κ1) is 35.2. The van der Waals surface area contributed by atoms with Gasteiger partial charge in [0.2, 0.25) is 0 Å². The quantitative estimate of drug-likeness (QED) is 0.0957. The summed E-state index contributed by atoms with van der Waals surface area (Å²) in [5.41, 5.74) is -3.70. The minimum Gasteiger partial charge on any atom is -0.508 e. The highest BCUT2D eigenvalue weighted by atomic mass is 32.2. The minimum absolute atomic E-state index is 0.0109. The lowest BCUT2D eigenvalue weighted by atomic mass is 9.99. The van der Waals surface area contributed by atoms with Crippen molar-refractivity contribution < 1.29 is 68.6 Å². The van der Waals surface area contributed by atoms with Gasteiger partial charge in [-0.15, -0.1) is 0 Å². The van der Waals surface area contributed by atoms with Crippen LogP contribution in [0.2, 0.25) is 0 Å². The highest BCUT2D eigenvalue weighted by Crippen LogP contribution is 2.38. The predicted octanol–water partition coefficient (Wildman–Crippen LogP) is -0.608. The van der Waals surface area contributed by atoms with Crippen LogP contribution < -0.4 is 11.3 Å². The molecular weight excluding hydrogens is 672 g/mol. The van der Waals surface area contributed by atoms with Crippen LogP contribution in [0, 0.1) is 0 Å². The van der Waals surface area contributed by atoms with Gasteiger partial charge in [0.1, 0.15) is 82.4 Å². The Kier molecular flexibility index (Phi) is 10.6. The maximum absolute atomic E-state index is 12.6. The molecule has 0 saturated carbocycles. The Bertz CT molecular complexity index is 1760. The van der Waals surface area contributed by atoms with Crippen LogP contribution in [0.4, 0.5) is 0 Å². The Morgan fingerprint density at radius 2 is 1.02 bits per heavy atom. The highest BCUT2D eigenvalue weighted by Gasteiger charge is 2.51. The number of aromatic hydroxyl groups is 2. The topological polar surface area (TPSA) is 259 Å². The van der Waals surface area contributed by atoms with Crippen molar-refractivity contribution in [1.82, 2.24) is 0 Å². The summed E-state index contributed by atoms with van der Waals surface area (Å²) >= 11 is 0.699. The molecule has 2 aliphatic rings.